The van der Waals surface area contributed by atoms with E-state index in [1.54, 1.807) is 0 Å². The summed E-state index contributed by atoms with van der Waals surface area (Å²) >= 11 is 3.35. The summed E-state index contributed by atoms with van der Waals surface area (Å²) in [5, 5.41) is 0. The van der Waals surface area contributed by atoms with Crippen LogP contribution >= 0.6 is 15.9 Å². The van der Waals surface area contributed by atoms with Gasteiger partial charge in [-0.3, -0.25) is 14.5 Å². The summed E-state index contributed by atoms with van der Waals surface area (Å²) in [6, 6.07) is 7.65. The Morgan fingerprint density at radius 1 is 1.06 bits per heavy atom. The molecule has 1 aliphatic heterocycles. The number of hydrogen-bond acceptors (Lipinski definition) is 2. The van der Waals surface area contributed by atoms with Gasteiger partial charge in [0.2, 0.25) is 11.8 Å². The van der Waals surface area contributed by atoms with Crippen molar-refractivity contribution < 1.29 is 9.59 Å². The first-order valence-electron chi connectivity index (χ1n) is 5.24. The highest BCUT2D eigenvalue weighted by atomic mass is 79.9. The van der Waals surface area contributed by atoms with Gasteiger partial charge in [-0.25, -0.2) is 0 Å². The fourth-order valence-electron chi connectivity index (χ4n) is 1.75. The van der Waals surface area contributed by atoms with E-state index in [0.29, 0.717) is 25.8 Å². The van der Waals surface area contributed by atoms with Gasteiger partial charge in [-0.2, -0.15) is 0 Å². The second-order valence-corrected chi connectivity index (χ2v) is 4.77. The summed E-state index contributed by atoms with van der Waals surface area (Å²) in [5.41, 5.74) is 0.979. The number of benzene rings is 1. The molecule has 0 N–H and O–H groups in total. The second kappa shape index (κ2) is 4.78. The summed E-state index contributed by atoms with van der Waals surface area (Å²) in [7, 11) is 0. The van der Waals surface area contributed by atoms with Crippen molar-refractivity contribution in [2.75, 3.05) is 0 Å². The lowest BCUT2D eigenvalue weighted by atomic mass is 10.1. The highest BCUT2D eigenvalue weighted by Crippen LogP contribution is 2.17. The fraction of sp³-hybridized carbons (Fsp3) is 0.333. The monoisotopic (exact) mass is 281 g/mol. The zero-order valence-corrected chi connectivity index (χ0v) is 10.4. The minimum Gasteiger partial charge on any atom is -0.278 e. The predicted molar refractivity (Wildman–Crippen MR) is 63.6 cm³/mol. The van der Waals surface area contributed by atoms with Crippen molar-refractivity contribution in [1.29, 1.82) is 0 Å². The molecule has 1 fully saturated rings. The van der Waals surface area contributed by atoms with E-state index in [9.17, 15) is 9.59 Å². The molecule has 1 saturated heterocycles. The Morgan fingerprint density at radius 3 is 2.19 bits per heavy atom. The first kappa shape index (κ1) is 11.3. The molecular formula is C12H12BrNO2. The quantitative estimate of drug-likeness (QED) is 0.781. The molecule has 2 amide bonds. The van der Waals surface area contributed by atoms with Crippen LogP contribution in [0.5, 0.6) is 0 Å². The van der Waals surface area contributed by atoms with Gasteiger partial charge in [-0.05, 0) is 24.1 Å². The molecule has 0 aliphatic carbocycles. The number of amides is 2. The first-order chi connectivity index (χ1) is 7.66. The molecule has 1 aromatic carbocycles. The largest absolute Gasteiger partial charge is 0.278 e. The number of rotatable bonds is 2. The van der Waals surface area contributed by atoms with Gasteiger partial charge in [-0.1, -0.05) is 28.1 Å². The molecule has 3 nitrogen and oxygen atoms in total. The number of imide groups is 1. The standard InChI is InChI=1S/C12H12BrNO2/c13-10-6-4-9(5-7-10)8-14-11(15)2-1-3-12(14)16/h4-7H,1-3,8H2. The Balaban J connectivity index is 2.10. The predicted octanol–water partition coefficient (Wildman–Crippen LogP) is 2.49. The highest BCUT2D eigenvalue weighted by molar-refractivity contribution is 9.10. The Kier molecular flexibility index (Phi) is 3.39. The molecule has 0 aromatic heterocycles. The molecule has 0 radical (unpaired) electrons. The minimum absolute atomic E-state index is 0.0563. The van der Waals surface area contributed by atoms with Gasteiger partial charge in [-0.15, -0.1) is 0 Å². The average molecular weight is 282 g/mol. The normalized spacial score (nSPS) is 16.7. The molecular weight excluding hydrogens is 270 g/mol. The summed E-state index contributed by atoms with van der Waals surface area (Å²) in [6.45, 7) is 0.394. The van der Waals surface area contributed by atoms with E-state index in [-0.39, 0.29) is 11.8 Å². The molecule has 0 atom stereocenters. The van der Waals surface area contributed by atoms with Crippen LogP contribution in [-0.4, -0.2) is 16.7 Å². The number of hydrogen-bond donors (Lipinski definition) is 0. The molecule has 0 spiro atoms. The van der Waals surface area contributed by atoms with Gasteiger partial charge in [0.25, 0.3) is 0 Å². The summed E-state index contributed by atoms with van der Waals surface area (Å²) < 4.78 is 0.993. The summed E-state index contributed by atoms with van der Waals surface area (Å²) in [6.07, 6.45) is 1.67. The molecule has 1 heterocycles. The van der Waals surface area contributed by atoms with Gasteiger partial charge in [0, 0.05) is 17.3 Å². The Bertz CT molecular complexity index is 398. The summed E-state index contributed by atoms with van der Waals surface area (Å²) in [5.74, 6) is -0.113. The van der Waals surface area contributed by atoms with Gasteiger partial charge >= 0.3 is 0 Å². The van der Waals surface area contributed by atoms with Gasteiger partial charge < -0.3 is 0 Å². The maximum absolute atomic E-state index is 11.6. The number of carbonyl (C=O) groups is 2. The molecule has 1 aliphatic rings. The highest BCUT2D eigenvalue weighted by Gasteiger charge is 2.25. The van der Waals surface area contributed by atoms with E-state index in [4.69, 9.17) is 0 Å². The molecule has 4 heteroatoms. The number of likely N-dealkylation sites (tertiary alicyclic amines) is 1. The molecule has 16 heavy (non-hydrogen) atoms. The molecule has 84 valence electrons. The Morgan fingerprint density at radius 2 is 1.62 bits per heavy atom. The van der Waals surface area contributed by atoms with Crippen molar-refractivity contribution >= 4 is 27.7 Å². The molecule has 0 unspecified atom stereocenters. The van der Waals surface area contributed by atoms with Gasteiger partial charge in [0.05, 0.1) is 6.54 Å². The lowest BCUT2D eigenvalue weighted by Crippen LogP contribution is -2.39. The lowest BCUT2D eigenvalue weighted by Gasteiger charge is -2.24. The van der Waals surface area contributed by atoms with Crippen LogP contribution in [0.4, 0.5) is 0 Å². The van der Waals surface area contributed by atoms with Crippen LogP contribution in [0.1, 0.15) is 24.8 Å². The van der Waals surface area contributed by atoms with E-state index < -0.39 is 0 Å². The minimum atomic E-state index is -0.0563. The smallest absolute Gasteiger partial charge is 0.229 e. The van der Waals surface area contributed by atoms with Crippen LogP contribution in [0.3, 0.4) is 0 Å². The number of carbonyl (C=O) groups excluding carboxylic acids is 2. The van der Waals surface area contributed by atoms with Crippen molar-refractivity contribution in [2.24, 2.45) is 0 Å². The zero-order valence-electron chi connectivity index (χ0n) is 8.78. The van der Waals surface area contributed by atoms with Crippen molar-refractivity contribution in [2.45, 2.75) is 25.8 Å². The van der Waals surface area contributed by atoms with Crippen LogP contribution in [0.25, 0.3) is 0 Å². The van der Waals surface area contributed by atoms with Crippen LogP contribution in [0.2, 0.25) is 0 Å². The first-order valence-corrected chi connectivity index (χ1v) is 6.04. The summed E-state index contributed by atoms with van der Waals surface area (Å²) in [4.78, 5) is 24.5. The van der Waals surface area contributed by atoms with Crippen molar-refractivity contribution in [3.63, 3.8) is 0 Å². The third-order valence-electron chi connectivity index (χ3n) is 2.64. The lowest BCUT2D eigenvalue weighted by molar-refractivity contribution is -0.148. The zero-order chi connectivity index (χ0) is 11.5. The van der Waals surface area contributed by atoms with E-state index in [2.05, 4.69) is 15.9 Å². The van der Waals surface area contributed by atoms with Crippen LogP contribution in [0, 0.1) is 0 Å². The third kappa shape index (κ3) is 2.50. The molecule has 1 aromatic rings. The van der Waals surface area contributed by atoms with Crippen molar-refractivity contribution in [3.05, 3.63) is 34.3 Å². The van der Waals surface area contributed by atoms with Crippen LogP contribution < -0.4 is 0 Å². The van der Waals surface area contributed by atoms with Gasteiger partial charge in [0.1, 0.15) is 0 Å². The van der Waals surface area contributed by atoms with E-state index in [1.807, 2.05) is 24.3 Å². The SMILES string of the molecule is O=C1CCCC(=O)N1Cc1ccc(Br)cc1. The maximum Gasteiger partial charge on any atom is 0.229 e. The number of halogens is 1. The van der Waals surface area contributed by atoms with E-state index in [0.717, 1.165) is 10.0 Å². The molecule has 2 rings (SSSR count). The molecule has 0 saturated carbocycles. The van der Waals surface area contributed by atoms with Crippen molar-refractivity contribution in [3.8, 4) is 0 Å². The Hall–Kier alpha value is -1.16. The Labute approximate surface area is 103 Å². The van der Waals surface area contributed by atoms with Gasteiger partial charge in [0.15, 0.2) is 0 Å². The van der Waals surface area contributed by atoms with Crippen molar-refractivity contribution in [1.82, 2.24) is 4.90 Å². The maximum atomic E-state index is 11.6. The fourth-order valence-corrected chi connectivity index (χ4v) is 2.01. The molecule has 0 bridgehead atoms. The number of piperidine rings is 1. The van der Waals surface area contributed by atoms with E-state index in [1.165, 1.54) is 4.90 Å². The topological polar surface area (TPSA) is 37.4 Å². The van der Waals surface area contributed by atoms with E-state index >= 15 is 0 Å². The number of nitrogens with zero attached hydrogens (tertiary/aromatic N) is 1. The second-order valence-electron chi connectivity index (χ2n) is 3.85. The average Bonchev–Trinajstić information content (AvgIpc) is 2.26. The van der Waals surface area contributed by atoms with Crippen LogP contribution in [0.15, 0.2) is 28.7 Å². The third-order valence-corrected chi connectivity index (χ3v) is 3.17. The van der Waals surface area contributed by atoms with Crippen LogP contribution in [-0.2, 0) is 16.1 Å².